The van der Waals surface area contributed by atoms with E-state index in [2.05, 4.69) is 29.3 Å². The Morgan fingerprint density at radius 1 is 1.22 bits per heavy atom. The standard InChI is InChI=1S/C15H23N3/c1-12-13(11-16-14-6-7-14)5-8-15(17-12)18-9-3-2-4-10-18/h5,8,14,16H,2-4,6-7,9-11H2,1H3. The van der Waals surface area contributed by atoms with E-state index in [0.29, 0.717) is 0 Å². The molecule has 1 saturated carbocycles. The molecule has 0 atom stereocenters. The van der Waals surface area contributed by atoms with Gasteiger partial charge in [0.15, 0.2) is 0 Å². The molecule has 0 unspecified atom stereocenters. The molecule has 1 aliphatic carbocycles. The Hall–Kier alpha value is -1.09. The van der Waals surface area contributed by atoms with E-state index in [1.165, 1.54) is 62.3 Å². The topological polar surface area (TPSA) is 28.2 Å². The van der Waals surface area contributed by atoms with E-state index >= 15 is 0 Å². The lowest BCUT2D eigenvalue weighted by Crippen LogP contribution is -2.30. The summed E-state index contributed by atoms with van der Waals surface area (Å²) in [5, 5.41) is 3.56. The summed E-state index contributed by atoms with van der Waals surface area (Å²) in [5.74, 6) is 1.17. The molecule has 0 radical (unpaired) electrons. The number of piperidine rings is 1. The Labute approximate surface area is 110 Å². The second-order valence-electron chi connectivity index (χ2n) is 5.62. The molecule has 2 fully saturated rings. The number of rotatable bonds is 4. The number of hydrogen-bond acceptors (Lipinski definition) is 3. The minimum atomic E-state index is 0.770. The number of hydrogen-bond donors (Lipinski definition) is 1. The predicted molar refractivity (Wildman–Crippen MR) is 74.9 cm³/mol. The molecule has 3 heteroatoms. The third-order valence-electron chi connectivity index (χ3n) is 4.02. The summed E-state index contributed by atoms with van der Waals surface area (Å²) in [5.41, 5.74) is 2.54. The number of aromatic nitrogens is 1. The van der Waals surface area contributed by atoms with E-state index in [4.69, 9.17) is 4.98 Å². The van der Waals surface area contributed by atoms with Crippen molar-refractivity contribution in [2.75, 3.05) is 18.0 Å². The van der Waals surface area contributed by atoms with Crippen LogP contribution in [0.25, 0.3) is 0 Å². The maximum atomic E-state index is 4.78. The Bertz CT molecular complexity index is 406. The van der Waals surface area contributed by atoms with Crippen LogP contribution in [0.4, 0.5) is 5.82 Å². The summed E-state index contributed by atoms with van der Waals surface area (Å²) in [6.07, 6.45) is 6.69. The molecule has 2 aliphatic rings. The first-order valence-corrected chi connectivity index (χ1v) is 7.28. The van der Waals surface area contributed by atoms with Gasteiger partial charge in [0.25, 0.3) is 0 Å². The van der Waals surface area contributed by atoms with Crippen molar-refractivity contribution in [3.05, 3.63) is 23.4 Å². The highest BCUT2D eigenvalue weighted by Crippen LogP contribution is 2.22. The lowest BCUT2D eigenvalue weighted by atomic mass is 10.1. The zero-order valence-electron chi connectivity index (χ0n) is 11.3. The van der Waals surface area contributed by atoms with Gasteiger partial charge in [-0.2, -0.15) is 0 Å². The molecule has 0 aromatic carbocycles. The van der Waals surface area contributed by atoms with Crippen molar-refractivity contribution in [3.63, 3.8) is 0 Å². The van der Waals surface area contributed by atoms with Crippen LogP contribution in [0.5, 0.6) is 0 Å². The van der Waals surface area contributed by atoms with Gasteiger partial charge in [0.2, 0.25) is 0 Å². The van der Waals surface area contributed by atoms with Gasteiger partial charge in [-0.3, -0.25) is 0 Å². The highest BCUT2D eigenvalue weighted by atomic mass is 15.2. The van der Waals surface area contributed by atoms with Crippen molar-refractivity contribution in [1.29, 1.82) is 0 Å². The number of aryl methyl sites for hydroxylation is 1. The van der Waals surface area contributed by atoms with Crippen molar-refractivity contribution >= 4 is 5.82 Å². The number of pyridine rings is 1. The van der Waals surface area contributed by atoms with Crippen molar-refractivity contribution in [1.82, 2.24) is 10.3 Å². The molecule has 1 aromatic heterocycles. The van der Waals surface area contributed by atoms with E-state index in [0.717, 1.165) is 12.6 Å². The maximum absolute atomic E-state index is 4.78. The summed E-state index contributed by atoms with van der Waals surface area (Å²) in [6.45, 7) is 5.46. The second kappa shape index (κ2) is 5.27. The fourth-order valence-corrected chi connectivity index (χ4v) is 2.60. The van der Waals surface area contributed by atoms with Crippen molar-refractivity contribution in [2.24, 2.45) is 0 Å². The van der Waals surface area contributed by atoms with Gasteiger partial charge in [0.1, 0.15) is 5.82 Å². The molecule has 3 rings (SSSR count). The third-order valence-corrected chi connectivity index (χ3v) is 4.02. The highest BCUT2D eigenvalue weighted by molar-refractivity contribution is 5.42. The van der Waals surface area contributed by atoms with Gasteiger partial charge >= 0.3 is 0 Å². The summed E-state index contributed by atoms with van der Waals surface area (Å²) in [7, 11) is 0. The largest absolute Gasteiger partial charge is 0.357 e. The van der Waals surface area contributed by atoms with Crippen LogP contribution in [0.3, 0.4) is 0 Å². The Balaban J connectivity index is 1.66. The maximum Gasteiger partial charge on any atom is 0.128 e. The van der Waals surface area contributed by atoms with Crippen LogP contribution in [0.1, 0.15) is 43.4 Å². The Morgan fingerprint density at radius 2 is 2.00 bits per heavy atom. The molecule has 1 aliphatic heterocycles. The van der Waals surface area contributed by atoms with Crippen LogP contribution in [-0.4, -0.2) is 24.1 Å². The molecular weight excluding hydrogens is 222 g/mol. The summed E-state index contributed by atoms with van der Waals surface area (Å²) in [6, 6.07) is 5.22. The molecule has 3 nitrogen and oxygen atoms in total. The molecule has 0 bridgehead atoms. The SMILES string of the molecule is Cc1nc(N2CCCCC2)ccc1CNC1CC1. The predicted octanol–water partition coefficient (Wildman–Crippen LogP) is 2.63. The van der Waals surface area contributed by atoms with E-state index in [9.17, 15) is 0 Å². The second-order valence-corrected chi connectivity index (χ2v) is 5.62. The van der Waals surface area contributed by atoms with Crippen LogP contribution in [0, 0.1) is 6.92 Å². The quantitative estimate of drug-likeness (QED) is 0.884. The van der Waals surface area contributed by atoms with Gasteiger partial charge in [0, 0.05) is 31.4 Å². The highest BCUT2D eigenvalue weighted by Gasteiger charge is 2.20. The van der Waals surface area contributed by atoms with Crippen LogP contribution in [-0.2, 0) is 6.54 Å². The summed E-state index contributed by atoms with van der Waals surface area (Å²) in [4.78, 5) is 7.21. The zero-order chi connectivity index (χ0) is 12.4. The molecule has 98 valence electrons. The number of nitrogens with one attached hydrogen (secondary N) is 1. The first-order chi connectivity index (χ1) is 8.83. The van der Waals surface area contributed by atoms with Crippen LogP contribution in [0.2, 0.25) is 0 Å². The van der Waals surface area contributed by atoms with Gasteiger partial charge in [-0.1, -0.05) is 6.07 Å². The molecule has 2 heterocycles. The molecule has 1 N–H and O–H groups in total. The zero-order valence-corrected chi connectivity index (χ0v) is 11.3. The van der Waals surface area contributed by atoms with E-state index in [-0.39, 0.29) is 0 Å². The molecule has 1 saturated heterocycles. The summed E-state index contributed by atoms with van der Waals surface area (Å²) >= 11 is 0. The average molecular weight is 245 g/mol. The average Bonchev–Trinajstić information content (AvgIpc) is 3.22. The van der Waals surface area contributed by atoms with Gasteiger partial charge in [-0.25, -0.2) is 4.98 Å². The van der Waals surface area contributed by atoms with Gasteiger partial charge in [-0.15, -0.1) is 0 Å². The molecule has 0 amide bonds. The Kier molecular flexibility index (Phi) is 3.50. The summed E-state index contributed by atoms with van der Waals surface area (Å²) < 4.78 is 0. The first-order valence-electron chi connectivity index (χ1n) is 7.28. The van der Waals surface area contributed by atoms with E-state index in [1.54, 1.807) is 0 Å². The lowest BCUT2D eigenvalue weighted by molar-refractivity contribution is 0.572. The van der Waals surface area contributed by atoms with Crippen molar-refractivity contribution < 1.29 is 0 Å². The third kappa shape index (κ3) is 2.83. The minimum absolute atomic E-state index is 0.770. The molecular formula is C15H23N3. The smallest absolute Gasteiger partial charge is 0.128 e. The fourth-order valence-electron chi connectivity index (χ4n) is 2.60. The first kappa shape index (κ1) is 12.0. The fraction of sp³-hybridized carbons (Fsp3) is 0.667. The van der Waals surface area contributed by atoms with Crippen molar-refractivity contribution in [2.45, 2.75) is 51.6 Å². The number of nitrogens with zero attached hydrogens (tertiary/aromatic N) is 2. The lowest BCUT2D eigenvalue weighted by Gasteiger charge is -2.28. The van der Waals surface area contributed by atoms with Crippen LogP contribution in [0.15, 0.2) is 12.1 Å². The van der Waals surface area contributed by atoms with E-state index in [1.807, 2.05) is 0 Å². The Morgan fingerprint density at radius 3 is 2.67 bits per heavy atom. The molecule has 0 spiro atoms. The van der Waals surface area contributed by atoms with E-state index < -0.39 is 0 Å². The monoisotopic (exact) mass is 245 g/mol. The van der Waals surface area contributed by atoms with Crippen LogP contribution >= 0.6 is 0 Å². The molecule has 18 heavy (non-hydrogen) atoms. The normalized spacial score (nSPS) is 20.2. The minimum Gasteiger partial charge on any atom is -0.357 e. The van der Waals surface area contributed by atoms with Crippen molar-refractivity contribution in [3.8, 4) is 0 Å². The van der Waals surface area contributed by atoms with Crippen LogP contribution < -0.4 is 10.2 Å². The van der Waals surface area contributed by atoms with Gasteiger partial charge in [-0.05, 0) is 50.7 Å². The number of anilines is 1. The van der Waals surface area contributed by atoms with Gasteiger partial charge < -0.3 is 10.2 Å². The van der Waals surface area contributed by atoms with Gasteiger partial charge in [0.05, 0.1) is 0 Å². The molecule has 1 aromatic rings.